The first-order valence-corrected chi connectivity index (χ1v) is 15.0. The molecule has 2 nitrogen and oxygen atoms in total. The molecule has 0 amide bonds. The summed E-state index contributed by atoms with van der Waals surface area (Å²) in [6, 6.07) is 11.0. The molecule has 192 valence electrons. The molecule has 0 aliphatic carbocycles. The molecule has 1 heterocycles. The predicted octanol–water partition coefficient (Wildman–Crippen LogP) is 9.23. The SMILES string of the molecule is CCCCCCCCCCCCCCn1cc[n+](CCCc2ccccc2)c1CCCCCC. The molecule has 0 spiro atoms. The van der Waals surface area contributed by atoms with Crippen LogP contribution in [0.15, 0.2) is 42.7 Å². The number of hydrogen-bond acceptors (Lipinski definition) is 0. The van der Waals surface area contributed by atoms with Gasteiger partial charge < -0.3 is 0 Å². The maximum absolute atomic E-state index is 2.57. The van der Waals surface area contributed by atoms with E-state index in [0.717, 1.165) is 6.54 Å². The molecule has 0 atom stereocenters. The molecule has 0 radical (unpaired) electrons. The molecule has 0 aliphatic heterocycles. The van der Waals surface area contributed by atoms with Gasteiger partial charge in [-0.05, 0) is 37.7 Å². The average molecular weight is 468 g/mol. The van der Waals surface area contributed by atoms with Crippen molar-refractivity contribution in [3.05, 3.63) is 54.1 Å². The van der Waals surface area contributed by atoms with Crippen LogP contribution in [-0.2, 0) is 25.9 Å². The molecule has 0 saturated carbocycles. The Bertz CT molecular complexity index is 703. The summed E-state index contributed by atoms with van der Waals surface area (Å²) < 4.78 is 5.13. The van der Waals surface area contributed by atoms with Crippen LogP contribution in [0.4, 0.5) is 0 Å². The number of unbranched alkanes of at least 4 members (excludes halogenated alkanes) is 14. The van der Waals surface area contributed by atoms with Crippen LogP contribution in [0.25, 0.3) is 0 Å². The van der Waals surface area contributed by atoms with Crippen molar-refractivity contribution in [2.75, 3.05) is 0 Å². The summed E-state index contributed by atoms with van der Waals surface area (Å²) in [6.45, 7) is 6.95. The smallest absolute Gasteiger partial charge is 0.234 e. The molecule has 0 N–H and O–H groups in total. The molecule has 0 aliphatic rings. The standard InChI is InChI=1S/C32H55N2/c1-3-5-7-9-10-11-12-13-14-15-16-21-27-33-29-30-34(32(33)26-20-8-6-4-2)28-22-25-31-23-18-17-19-24-31/h17-19,23-24,29-30H,3-16,20-22,25-28H2,1-2H3/q+1. The van der Waals surface area contributed by atoms with Gasteiger partial charge in [0.25, 0.3) is 5.82 Å². The molecule has 1 aromatic heterocycles. The molecule has 2 rings (SSSR count). The van der Waals surface area contributed by atoms with E-state index in [1.807, 2.05) is 0 Å². The highest BCUT2D eigenvalue weighted by Gasteiger charge is 2.16. The number of hydrogen-bond donors (Lipinski definition) is 0. The van der Waals surface area contributed by atoms with Gasteiger partial charge in [0.05, 0.1) is 13.1 Å². The van der Waals surface area contributed by atoms with E-state index in [2.05, 4.69) is 65.7 Å². The summed E-state index contributed by atoms with van der Waals surface area (Å²) in [5.41, 5.74) is 1.46. The van der Waals surface area contributed by atoms with Gasteiger partial charge in [-0.1, -0.05) is 128 Å². The highest BCUT2D eigenvalue weighted by molar-refractivity contribution is 5.14. The van der Waals surface area contributed by atoms with Crippen molar-refractivity contribution in [1.82, 2.24) is 4.57 Å². The van der Waals surface area contributed by atoms with E-state index in [1.165, 1.54) is 134 Å². The van der Waals surface area contributed by atoms with E-state index in [0.29, 0.717) is 0 Å². The third-order valence-electron chi connectivity index (χ3n) is 7.30. The highest BCUT2D eigenvalue weighted by Crippen LogP contribution is 2.13. The number of aryl methyl sites for hydroxylation is 3. The quantitative estimate of drug-likeness (QED) is 0.120. The van der Waals surface area contributed by atoms with Crippen LogP contribution >= 0.6 is 0 Å². The first-order chi connectivity index (χ1) is 16.8. The molecule has 0 fully saturated rings. The fourth-order valence-corrected chi connectivity index (χ4v) is 5.12. The minimum atomic E-state index is 1.14. The third kappa shape index (κ3) is 12.8. The summed E-state index contributed by atoms with van der Waals surface area (Å²) in [5, 5.41) is 0. The zero-order chi connectivity index (χ0) is 24.1. The Morgan fingerprint density at radius 1 is 0.588 bits per heavy atom. The molecule has 0 unspecified atom stereocenters. The number of benzene rings is 1. The lowest BCUT2D eigenvalue weighted by Crippen LogP contribution is -2.37. The summed E-state index contributed by atoms with van der Waals surface area (Å²) in [5.74, 6) is 1.56. The normalized spacial score (nSPS) is 11.4. The zero-order valence-electron chi connectivity index (χ0n) is 22.8. The van der Waals surface area contributed by atoms with Crippen LogP contribution in [-0.4, -0.2) is 4.57 Å². The monoisotopic (exact) mass is 467 g/mol. The first-order valence-electron chi connectivity index (χ1n) is 15.0. The fraction of sp³-hybridized carbons (Fsp3) is 0.719. The lowest BCUT2D eigenvalue weighted by Gasteiger charge is -2.07. The summed E-state index contributed by atoms with van der Waals surface area (Å²) >= 11 is 0. The average Bonchev–Trinajstić information content (AvgIpc) is 3.24. The van der Waals surface area contributed by atoms with Gasteiger partial charge in [-0.3, -0.25) is 0 Å². The second-order valence-electron chi connectivity index (χ2n) is 10.4. The number of imidazole rings is 1. The van der Waals surface area contributed by atoms with Crippen molar-refractivity contribution in [2.24, 2.45) is 0 Å². The molecule has 1 aromatic carbocycles. The Labute approximate surface area is 212 Å². The van der Waals surface area contributed by atoms with E-state index in [-0.39, 0.29) is 0 Å². The first kappa shape index (κ1) is 28.7. The van der Waals surface area contributed by atoms with Crippen LogP contribution in [0.3, 0.4) is 0 Å². The van der Waals surface area contributed by atoms with Crippen molar-refractivity contribution in [2.45, 2.75) is 149 Å². The topological polar surface area (TPSA) is 8.81 Å². The van der Waals surface area contributed by atoms with Crippen LogP contribution in [0, 0.1) is 0 Å². The zero-order valence-corrected chi connectivity index (χ0v) is 22.8. The van der Waals surface area contributed by atoms with E-state index in [1.54, 1.807) is 5.82 Å². The third-order valence-corrected chi connectivity index (χ3v) is 7.30. The Hall–Kier alpha value is -1.57. The van der Waals surface area contributed by atoms with Gasteiger partial charge in [-0.15, -0.1) is 0 Å². The van der Waals surface area contributed by atoms with Crippen molar-refractivity contribution in [1.29, 1.82) is 0 Å². The van der Waals surface area contributed by atoms with E-state index in [4.69, 9.17) is 0 Å². The van der Waals surface area contributed by atoms with Gasteiger partial charge in [0.1, 0.15) is 12.4 Å². The Morgan fingerprint density at radius 3 is 1.76 bits per heavy atom. The Morgan fingerprint density at radius 2 is 1.15 bits per heavy atom. The van der Waals surface area contributed by atoms with E-state index >= 15 is 0 Å². The largest absolute Gasteiger partial charge is 0.256 e. The van der Waals surface area contributed by atoms with Crippen molar-refractivity contribution < 1.29 is 4.57 Å². The molecule has 2 heteroatoms. The lowest BCUT2D eigenvalue weighted by atomic mass is 10.1. The Kier molecular flexibility index (Phi) is 16.6. The molecule has 34 heavy (non-hydrogen) atoms. The maximum atomic E-state index is 2.57. The summed E-state index contributed by atoms with van der Waals surface area (Å²) in [6.07, 6.45) is 30.8. The molecule has 0 bridgehead atoms. The van der Waals surface area contributed by atoms with Crippen LogP contribution in [0.1, 0.15) is 134 Å². The van der Waals surface area contributed by atoms with Crippen LogP contribution in [0.5, 0.6) is 0 Å². The Balaban J connectivity index is 1.66. The molecular weight excluding hydrogens is 412 g/mol. The van der Waals surface area contributed by atoms with Gasteiger partial charge in [-0.25, -0.2) is 9.13 Å². The predicted molar refractivity (Wildman–Crippen MR) is 148 cm³/mol. The van der Waals surface area contributed by atoms with Gasteiger partial charge in [-0.2, -0.15) is 0 Å². The van der Waals surface area contributed by atoms with E-state index in [9.17, 15) is 0 Å². The molecular formula is C32H55N2+. The van der Waals surface area contributed by atoms with Gasteiger partial charge >= 0.3 is 0 Å². The van der Waals surface area contributed by atoms with Crippen molar-refractivity contribution >= 4 is 0 Å². The maximum Gasteiger partial charge on any atom is 0.256 e. The minimum Gasteiger partial charge on any atom is -0.234 e. The van der Waals surface area contributed by atoms with Crippen LogP contribution < -0.4 is 4.57 Å². The lowest BCUT2D eigenvalue weighted by molar-refractivity contribution is -0.704. The van der Waals surface area contributed by atoms with Crippen molar-refractivity contribution in [3.63, 3.8) is 0 Å². The highest BCUT2D eigenvalue weighted by atomic mass is 15.1. The number of rotatable bonds is 22. The number of nitrogens with zero attached hydrogens (tertiary/aromatic N) is 2. The van der Waals surface area contributed by atoms with Gasteiger partial charge in [0.2, 0.25) is 0 Å². The fourth-order valence-electron chi connectivity index (χ4n) is 5.12. The summed E-state index contributed by atoms with van der Waals surface area (Å²) in [7, 11) is 0. The minimum absolute atomic E-state index is 1.14. The van der Waals surface area contributed by atoms with Crippen LogP contribution in [0.2, 0.25) is 0 Å². The van der Waals surface area contributed by atoms with Gasteiger partial charge in [0.15, 0.2) is 0 Å². The number of aromatic nitrogens is 2. The van der Waals surface area contributed by atoms with Gasteiger partial charge in [0, 0.05) is 6.42 Å². The second kappa shape index (κ2) is 19.7. The summed E-state index contributed by atoms with van der Waals surface area (Å²) in [4.78, 5) is 0. The molecule has 0 saturated heterocycles. The van der Waals surface area contributed by atoms with Crippen molar-refractivity contribution in [3.8, 4) is 0 Å². The van der Waals surface area contributed by atoms with E-state index < -0.39 is 0 Å². The molecule has 2 aromatic rings. The second-order valence-corrected chi connectivity index (χ2v) is 10.4.